The van der Waals surface area contributed by atoms with Gasteiger partial charge in [0.25, 0.3) is 0 Å². The van der Waals surface area contributed by atoms with Gasteiger partial charge in [0.1, 0.15) is 5.75 Å². The van der Waals surface area contributed by atoms with Crippen LogP contribution >= 0.6 is 17.0 Å². The maximum Gasteiger partial charge on any atom is 0.116 e. The van der Waals surface area contributed by atoms with Gasteiger partial charge in [-0.3, -0.25) is 0 Å². The summed E-state index contributed by atoms with van der Waals surface area (Å²) in [5.41, 5.74) is 1.54. The van der Waals surface area contributed by atoms with E-state index in [9.17, 15) is 5.11 Å². The number of fused-ring (bicyclic) bond motifs is 1. The zero-order chi connectivity index (χ0) is 14.2. The second-order valence-corrected chi connectivity index (χ2v) is 6.61. The molecule has 2 aromatic rings. The first-order valence-corrected chi connectivity index (χ1v) is 7.50. The Morgan fingerprint density at radius 1 is 1.00 bits per heavy atom. The fraction of sp³-hybridized carbons (Fsp3) is 0.444. The van der Waals surface area contributed by atoms with Crippen molar-refractivity contribution in [2.75, 3.05) is 19.6 Å². The quantitative estimate of drug-likeness (QED) is 0.881. The highest BCUT2D eigenvalue weighted by atomic mass is 79.9. The third kappa shape index (κ3) is 3.58. The van der Waals surface area contributed by atoms with Crippen LogP contribution in [-0.2, 0) is 5.41 Å². The van der Waals surface area contributed by atoms with E-state index in [1.807, 2.05) is 12.1 Å². The van der Waals surface area contributed by atoms with Gasteiger partial charge in [-0.15, -0.1) is 17.0 Å². The predicted octanol–water partition coefficient (Wildman–Crippen LogP) is 4.50. The van der Waals surface area contributed by atoms with Crippen LogP contribution in [0.25, 0.3) is 10.8 Å². The minimum Gasteiger partial charge on any atom is -0.508 e. The molecule has 0 amide bonds. The summed E-state index contributed by atoms with van der Waals surface area (Å²) in [5, 5.41) is 11.8. The Bertz CT molecular complexity index is 618. The number of phenolic OH excluding ortho intramolecular Hbond substituents is 1. The van der Waals surface area contributed by atoms with E-state index in [0.29, 0.717) is 5.75 Å². The molecule has 2 nitrogen and oxygen atoms in total. The molecule has 0 aromatic heterocycles. The molecule has 0 radical (unpaired) electrons. The summed E-state index contributed by atoms with van der Waals surface area (Å²) >= 11 is 0. The highest BCUT2D eigenvalue weighted by molar-refractivity contribution is 8.93. The monoisotopic (exact) mass is 349 g/mol. The standard InChI is InChI=1S/C18H23NO.BrH/c1-18(2,13-19-9-3-4-10-19)16-7-5-15-12-17(20)8-6-14(15)11-16;/h5-8,11-12,20H,3-4,9-10,13H2,1-2H3;1H. The molecule has 0 bridgehead atoms. The van der Waals surface area contributed by atoms with Crippen molar-refractivity contribution < 1.29 is 5.11 Å². The molecular weight excluding hydrogens is 326 g/mol. The van der Waals surface area contributed by atoms with Crippen molar-refractivity contribution in [2.45, 2.75) is 32.1 Å². The van der Waals surface area contributed by atoms with Gasteiger partial charge in [0.05, 0.1) is 0 Å². The molecular formula is C18H24BrNO. The molecule has 3 heteroatoms. The molecule has 21 heavy (non-hydrogen) atoms. The Balaban J connectivity index is 0.00000161. The number of halogens is 1. The van der Waals surface area contributed by atoms with Crippen LogP contribution in [0.5, 0.6) is 5.75 Å². The molecule has 1 aliphatic heterocycles. The van der Waals surface area contributed by atoms with Crippen molar-refractivity contribution in [3.8, 4) is 5.75 Å². The molecule has 0 atom stereocenters. The molecule has 0 spiro atoms. The summed E-state index contributed by atoms with van der Waals surface area (Å²) in [7, 11) is 0. The van der Waals surface area contributed by atoms with E-state index >= 15 is 0 Å². The van der Waals surface area contributed by atoms with Gasteiger partial charge in [-0.25, -0.2) is 0 Å². The topological polar surface area (TPSA) is 23.5 Å². The number of benzene rings is 2. The number of hydrogen-bond donors (Lipinski definition) is 1. The van der Waals surface area contributed by atoms with Gasteiger partial charge in [0.15, 0.2) is 0 Å². The molecule has 1 saturated heterocycles. The minimum atomic E-state index is 0. The van der Waals surface area contributed by atoms with Crippen molar-refractivity contribution in [1.29, 1.82) is 0 Å². The lowest BCUT2D eigenvalue weighted by Crippen LogP contribution is -2.35. The van der Waals surface area contributed by atoms with Crippen molar-refractivity contribution in [3.05, 3.63) is 42.0 Å². The van der Waals surface area contributed by atoms with Crippen LogP contribution < -0.4 is 0 Å². The van der Waals surface area contributed by atoms with E-state index in [2.05, 4.69) is 36.9 Å². The van der Waals surface area contributed by atoms with Gasteiger partial charge in [0, 0.05) is 12.0 Å². The zero-order valence-corrected chi connectivity index (χ0v) is 14.5. The van der Waals surface area contributed by atoms with Crippen LogP contribution in [0.3, 0.4) is 0 Å². The lowest BCUT2D eigenvalue weighted by molar-refractivity contribution is 0.269. The van der Waals surface area contributed by atoms with Gasteiger partial charge >= 0.3 is 0 Å². The van der Waals surface area contributed by atoms with Crippen LogP contribution in [0, 0.1) is 0 Å². The molecule has 0 saturated carbocycles. The van der Waals surface area contributed by atoms with Crippen LogP contribution in [0.15, 0.2) is 36.4 Å². The molecule has 0 aliphatic carbocycles. The van der Waals surface area contributed by atoms with Crippen LogP contribution in [0.1, 0.15) is 32.3 Å². The van der Waals surface area contributed by atoms with Crippen LogP contribution in [0.2, 0.25) is 0 Å². The average Bonchev–Trinajstić information content (AvgIpc) is 2.90. The second-order valence-electron chi connectivity index (χ2n) is 6.61. The molecule has 2 aromatic carbocycles. The molecule has 0 unspecified atom stereocenters. The SMILES string of the molecule is Br.CC(C)(CN1CCCC1)c1ccc2cc(O)ccc2c1. The van der Waals surface area contributed by atoms with E-state index in [1.165, 1.54) is 36.9 Å². The fourth-order valence-electron chi connectivity index (χ4n) is 3.25. The van der Waals surface area contributed by atoms with Crippen molar-refractivity contribution >= 4 is 27.8 Å². The van der Waals surface area contributed by atoms with Gasteiger partial charge in [-0.05, 0) is 54.4 Å². The number of phenols is 1. The lowest BCUT2D eigenvalue weighted by Gasteiger charge is -2.31. The van der Waals surface area contributed by atoms with Gasteiger partial charge in [-0.1, -0.05) is 38.1 Å². The van der Waals surface area contributed by atoms with Gasteiger partial charge in [-0.2, -0.15) is 0 Å². The van der Waals surface area contributed by atoms with E-state index in [1.54, 1.807) is 6.07 Å². The maximum absolute atomic E-state index is 9.54. The molecule has 114 valence electrons. The fourth-order valence-corrected chi connectivity index (χ4v) is 3.25. The highest BCUT2D eigenvalue weighted by Gasteiger charge is 2.25. The Hall–Kier alpha value is -1.06. The second kappa shape index (κ2) is 6.37. The maximum atomic E-state index is 9.54. The largest absolute Gasteiger partial charge is 0.508 e. The normalized spacial score (nSPS) is 16.1. The third-order valence-corrected chi connectivity index (χ3v) is 4.42. The summed E-state index contributed by atoms with van der Waals surface area (Å²) in [6.45, 7) is 8.26. The Labute approximate surface area is 137 Å². The number of aromatic hydroxyl groups is 1. The van der Waals surface area contributed by atoms with E-state index in [-0.39, 0.29) is 22.4 Å². The smallest absolute Gasteiger partial charge is 0.116 e. The first-order chi connectivity index (χ1) is 9.54. The van der Waals surface area contributed by atoms with E-state index < -0.39 is 0 Å². The first-order valence-electron chi connectivity index (χ1n) is 7.50. The highest BCUT2D eigenvalue weighted by Crippen LogP contribution is 2.29. The lowest BCUT2D eigenvalue weighted by atomic mass is 9.83. The van der Waals surface area contributed by atoms with Gasteiger partial charge in [0.2, 0.25) is 0 Å². The number of likely N-dealkylation sites (tertiary alicyclic amines) is 1. The Morgan fingerprint density at radius 3 is 2.33 bits per heavy atom. The minimum absolute atomic E-state index is 0. The van der Waals surface area contributed by atoms with Crippen molar-refractivity contribution in [1.82, 2.24) is 4.90 Å². The third-order valence-electron chi connectivity index (χ3n) is 4.42. The average molecular weight is 350 g/mol. The molecule has 1 aliphatic rings. The van der Waals surface area contributed by atoms with E-state index in [0.717, 1.165) is 11.9 Å². The summed E-state index contributed by atoms with van der Waals surface area (Å²) in [5.74, 6) is 0.335. The summed E-state index contributed by atoms with van der Waals surface area (Å²) < 4.78 is 0. The van der Waals surface area contributed by atoms with Crippen molar-refractivity contribution in [3.63, 3.8) is 0 Å². The van der Waals surface area contributed by atoms with Crippen LogP contribution in [0.4, 0.5) is 0 Å². The summed E-state index contributed by atoms with van der Waals surface area (Å²) in [6, 6.07) is 12.2. The molecule has 1 fully saturated rings. The summed E-state index contributed by atoms with van der Waals surface area (Å²) in [6.07, 6.45) is 2.68. The van der Waals surface area contributed by atoms with E-state index in [4.69, 9.17) is 0 Å². The van der Waals surface area contributed by atoms with Crippen molar-refractivity contribution in [2.24, 2.45) is 0 Å². The molecule has 1 heterocycles. The molecule has 1 N–H and O–H groups in total. The number of nitrogens with zero attached hydrogens (tertiary/aromatic N) is 1. The Kier molecular flexibility index (Phi) is 4.95. The molecule has 3 rings (SSSR count). The van der Waals surface area contributed by atoms with Crippen LogP contribution in [-0.4, -0.2) is 29.6 Å². The first kappa shape index (κ1) is 16.3. The Morgan fingerprint density at radius 2 is 1.62 bits per heavy atom. The number of rotatable bonds is 3. The number of hydrogen-bond acceptors (Lipinski definition) is 2. The predicted molar refractivity (Wildman–Crippen MR) is 94.6 cm³/mol. The zero-order valence-electron chi connectivity index (χ0n) is 12.8. The van der Waals surface area contributed by atoms with Gasteiger partial charge < -0.3 is 10.0 Å². The summed E-state index contributed by atoms with van der Waals surface area (Å²) in [4.78, 5) is 2.57.